The first-order valence-corrected chi connectivity index (χ1v) is 8.72. The van der Waals surface area contributed by atoms with Crippen LogP contribution in [0.15, 0.2) is 23.1 Å². The zero-order valence-electron chi connectivity index (χ0n) is 11.6. The second kappa shape index (κ2) is 8.38. The quantitative estimate of drug-likeness (QED) is 0.709. The van der Waals surface area contributed by atoms with Gasteiger partial charge in [0.2, 0.25) is 0 Å². The fourth-order valence-corrected chi connectivity index (χ4v) is 3.20. The predicted octanol–water partition coefficient (Wildman–Crippen LogP) is 4.05. The number of carbonyl (C=O) groups is 1. The molecule has 2 N–H and O–H groups in total. The molecular formula is C14H21NO2S2. The number of carboxylic acid groups (broad SMARTS) is 1. The van der Waals surface area contributed by atoms with E-state index in [9.17, 15) is 9.90 Å². The molecule has 106 valence electrons. The Balaban J connectivity index is 2.93. The number of hydrogen-bond acceptors (Lipinski definition) is 4. The number of aromatic carboxylic acids is 1. The zero-order chi connectivity index (χ0) is 14.3. The van der Waals surface area contributed by atoms with E-state index in [1.165, 1.54) is 0 Å². The molecule has 0 amide bonds. The van der Waals surface area contributed by atoms with Crippen molar-refractivity contribution >= 4 is 35.2 Å². The van der Waals surface area contributed by atoms with Gasteiger partial charge in [0.05, 0.1) is 11.3 Å². The highest BCUT2D eigenvalue weighted by Crippen LogP contribution is 2.29. The van der Waals surface area contributed by atoms with Gasteiger partial charge in [0.15, 0.2) is 0 Å². The number of benzene rings is 1. The molecule has 0 fully saturated rings. The molecule has 0 spiro atoms. The molecule has 1 aromatic rings. The van der Waals surface area contributed by atoms with Crippen molar-refractivity contribution in [1.82, 2.24) is 0 Å². The van der Waals surface area contributed by atoms with Gasteiger partial charge in [-0.05, 0) is 43.2 Å². The van der Waals surface area contributed by atoms with Gasteiger partial charge in [-0.25, -0.2) is 4.79 Å². The summed E-state index contributed by atoms with van der Waals surface area (Å²) in [7, 11) is 0. The minimum absolute atomic E-state index is 0.271. The summed E-state index contributed by atoms with van der Waals surface area (Å²) in [6, 6.07) is 5.90. The molecule has 1 unspecified atom stereocenters. The van der Waals surface area contributed by atoms with Crippen LogP contribution in [0, 0.1) is 0 Å². The largest absolute Gasteiger partial charge is 0.478 e. The molecule has 1 aromatic carbocycles. The van der Waals surface area contributed by atoms with Crippen molar-refractivity contribution in [3.05, 3.63) is 23.8 Å². The van der Waals surface area contributed by atoms with Crippen molar-refractivity contribution in [2.24, 2.45) is 0 Å². The summed E-state index contributed by atoms with van der Waals surface area (Å²) in [5.41, 5.74) is 1.12. The van der Waals surface area contributed by atoms with E-state index in [0.29, 0.717) is 5.56 Å². The van der Waals surface area contributed by atoms with E-state index in [4.69, 9.17) is 0 Å². The lowest BCUT2D eigenvalue weighted by atomic mass is 10.1. The van der Waals surface area contributed by atoms with Crippen molar-refractivity contribution in [2.75, 3.05) is 23.1 Å². The van der Waals surface area contributed by atoms with E-state index in [-0.39, 0.29) is 6.04 Å². The lowest BCUT2D eigenvalue weighted by Crippen LogP contribution is -2.18. The first-order valence-electron chi connectivity index (χ1n) is 6.34. The van der Waals surface area contributed by atoms with Crippen molar-refractivity contribution in [3.63, 3.8) is 0 Å². The average Bonchev–Trinajstić information content (AvgIpc) is 2.36. The Hall–Kier alpha value is -0.810. The van der Waals surface area contributed by atoms with E-state index in [1.807, 2.05) is 25.1 Å². The Labute approximate surface area is 123 Å². The SMILES string of the molecule is CCSc1cccc(NC(C)CCSC)c1C(=O)O. The van der Waals surface area contributed by atoms with Gasteiger partial charge in [-0.1, -0.05) is 13.0 Å². The van der Waals surface area contributed by atoms with Gasteiger partial charge in [-0.2, -0.15) is 11.8 Å². The molecule has 1 rings (SSSR count). The molecule has 3 nitrogen and oxygen atoms in total. The summed E-state index contributed by atoms with van der Waals surface area (Å²) in [6.45, 7) is 4.11. The number of rotatable bonds is 8. The molecule has 0 aliphatic rings. The molecule has 5 heteroatoms. The zero-order valence-corrected chi connectivity index (χ0v) is 13.2. The standard InChI is InChI=1S/C14H21NO2S2/c1-4-19-12-7-5-6-11(13(12)14(16)17)15-10(2)8-9-18-3/h5-7,10,15H,4,8-9H2,1-3H3,(H,16,17). The fraction of sp³-hybridized carbons (Fsp3) is 0.500. The van der Waals surface area contributed by atoms with Crippen LogP contribution in [0.1, 0.15) is 30.6 Å². The van der Waals surface area contributed by atoms with Crippen LogP contribution in [-0.4, -0.2) is 34.9 Å². The Bertz CT molecular complexity index is 424. The first-order chi connectivity index (χ1) is 9.10. The highest BCUT2D eigenvalue weighted by molar-refractivity contribution is 7.99. The summed E-state index contributed by atoms with van der Waals surface area (Å²) in [5, 5.41) is 12.7. The number of thioether (sulfide) groups is 2. The first kappa shape index (κ1) is 16.2. The minimum Gasteiger partial charge on any atom is -0.478 e. The summed E-state index contributed by atoms with van der Waals surface area (Å²) < 4.78 is 0. The van der Waals surface area contributed by atoms with Gasteiger partial charge in [-0.15, -0.1) is 11.8 Å². The lowest BCUT2D eigenvalue weighted by molar-refractivity contribution is 0.0694. The van der Waals surface area contributed by atoms with Gasteiger partial charge in [0, 0.05) is 10.9 Å². The van der Waals surface area contributed by atoms with Crippen molar-refractivity contribution in [1.29, 1.82) is 0 Å². The molecule has 0 aliphatic carbocycles. The smallest absolute Gasteiger partial charge is 0.338 e. The summed E-state index contributed by atoms with van der Waals surface area (Å²) in [4.78, 5) is 12.3. The van der Waals surface area contributed by atoms with E-state index < -0.39 is 5.97 Å². The number of anilines is 1. The van der Waals surface area contributed by atoms with Crippen LogP contribution >= 0.6 is 23.5 Å². The van der Waals surface area contributed by atoms with Crippen LogP contribution < -0.4 is 5.32 Å². The summed E-state index contributed by atoms with van der Waals surface area (Å²) in [6.07, 6.45) is 3.10. The molecule has 1 atom stereocenters. The van der Waals surface area contributed by atoms with Crippen LogP contribution in [0.25, 0.3) is 0 Å². The Morgan fingerprint density at radius 1 is 1.47 bits per heavy atom. The molecule has 0 aromatic heterocycles. The van der Waals surface area contributed by atoms with Crippen molar-refractivity contribution in [2.45, 2.75) is 31.2 Å². The Morgan fingerprint density at radius 3 is 2.79 bits per heavy atom. The van der Waals surface area contributed by atoms with Crippen LogP contribution in [-0.2, 0) is 0 Å². The van der Waals surface area contributed by atoms with Gasteiger partial charge >= 0.3 is 5.97 Å². The predicted molar refractivity (Wildman–Crippen MR) is 85.9 cm³/mol. The van der Waals surface area contributed by atoms with Crippen molar-refractivity contribution in [3.8, 4) is 0 Å². The second-order valence-corrected chi connectivity index (χ2v) is 6.54. The number of hydrogen-bond donors (Lipinski definition) is 2. The molecule has 0 heterocycles. The Kier molecular flexibility index (Phi) is 7.16. The molecular weight excluding hydrogens is 278 g/mol. The third kappa shape index (κ3) is 4.99. The lowest BCUT2D eigenvalue weighted by Gasteiger charge is -2.18. The topological polar surface area (TPSA) is 49.3 Å². The maximum Gasteiger partial charge on any atom is 0.338 e. The normalized spacial score (nSPS) is 12.2. The minimum atomic E-state index is -0.865. The van der Waals surface area contributed by atoms with Crippen LogP contribution in [0.3, 0.4) is 0 Å². The van der Waals surface area contributed by atoms with E-state index in [2.05, 4.69) is 18.5 Å². The van der Waals surface area contributed by atoms with Gasteiger partial charge < -0.3 is 10.4 Å². The van der Waals surface area contributed by atoms with Crippen molar-refractivity contribution < 1.29 is 9.90 Å². The Morgan fingerprint density at radius 2 is 2.21 bits per heavy atom. The monoisotopic (exact) mass is 299 g/mol. The third-order valence-electron chi connectivity index (χ3n) is 2.70. The van der Waals surface area contributed by atoms with Gasteiger partial charge in [0.1, 0.15) is 0 Å². The highest BCUT2D eigenvalue weighted by Gasteiger charge is 2.16. The molecule has 0 aliphatic heterocycles. The summed E-state index contributed by atoms with van der Waals surface area (Å²) in [5.74, 6) is 1.07. The van der Waals surface area contributed by atoms with Gasteiger partial charge in [0.25, 0.3) is 0 Å². The molecule has 0 bridgehead atoms. The molecule has 0 saturated carbocycles. The summed E-state index contributed by atoms with van der Waals surface area (Å²) >= 11 is 3.37. The van der Waals surface area contributed by atoms with Crippen LogP contribution in [0.4, 0.5) is 5.69 Å². The van der Waals surface area contributed by atoms with E-state index in [1.54, 1.807) is 23.5 Å². The third-order valence-corrected chi connectivity index (χ3v) is 4.28. The maximum absolute atomic E-state index is 11.5. The highest BCUT2D eigenvalue weighted by atomic mass is 32.2. The van der Waals surface area contributed by atoms with Crippen LogP contribution in [0.2, 0.25) is 0 Å². The molecule has 0 radical (unpaired) electrons. The van der Waals surface area contributed by atoms with E-state index >= 15 is 0 Å². The average molecular weight is 299 g/mol. The number of nitrogens with one attached hydrogen (secondary N) is 1. The van der Waals surface area contributed by atoms with E-state index in [0.717, 1.165) is 28.5 Å². The van der Waals surface area contributed by atoms with Gasteiger partial charge in [-0.3, -0.25) is 0 Å². The fourth-order valence-electron chi connectivity index (χ4n) is 1.78. The second-order valence-electron chi connectivity index (χ2n) is 4.24. The molecule has 0 saturated heterocycles. The number of carboxylic acids is 1. The maximum atomic E-state index is 11.5. The van der Waals surface area contributed by atoms with Crippen LogP contribution in [0.5, 0.6) is 0 Å². The molecule has 19 heavy (non-hydrogen) atoms.